The molecule has 4 rings (SSSR count). The number of thiazole rings is 1. The van der Waals surface area contributed by atoms with Crippen molar-refractivity contribution in [3.05, 3.63) is 70.2 Å². The number of aryl methyl sites for hydroxylation is 1. The van der Waals surface area contributed by atoms with E-state index in [4.69, 9.17) is 9.26 Å². The zero-order valence-electron chi connectivity index (χ0n) is 13.8. The quantitative estimate of drug-likeness (QED) is 0.444. The van der Waals surface area contributed by atoms with E-state index in [-0.39, 0.29) is 6.61 Å². The molecule has 1 aromatic carbocycles. The molecule has 0 radical (unpaired) electrons. The molecular weight excluding hydrogens is 368 g/mol. The third kappa shape index (κ3) is 3.58. The highest BCUT2D eigenvalue weighted by atomic mass is 32.1. The molecule has 0 aliphatic heterocycles. The van der Waals surface area contributed by atoms with Crippen LogP contribution >= 0.6 is 22.7 Å². The van der Waals surface area contributed by atoms with E-state index >= 15 is 0 Å². The van der Waals surface area contributed by atoms with Crippen LogP contribution in [0.3, 0.4) is 0 Å². The average Bonchev–Trinajstić information content (AvgIpc) is 3.41. The number of hydrogen-bond acceptors (Lipinski definition) is 7. The second-order valence-electron chi connectivity index (χ2n) is 5.64. The fourth-order valence-corrected chi connectivity index (χ4v) is 3.79. The van der Waals surface area contributed by atoms with E-state index in [0.717, 1.165) is 15.4 Å². The van der Waals surface area contributed by atoms with Gasteiger partial charge in [-0.3, -0.25) is 0 Å². The molecule has 0 N–H and O–H groups in total. The lowest BCUT2D eigenvalue weighted by atomic mass is 10.2. The van der Waals surface area contributed by atoms with Gasteiger partial charge in [-0.05, 0) is 18.4 Å². The van der Waals surface area contributed by atoms with Gasteiger partial charge in [0.15, 0.2) is 11.5 Å². The van der Waals surface area contributed by atoms with Gasteiger partial charge in [0.25, 0.3) is 0 Å². The summed E-state index contributed by atoms with van der Waals surface area (Å²) in [5.74, 6) is 0.196. The Kier molecular flexibility index (Phi) is 4.64. The Labute approximate surface area is 157 Å². The fraction of sp³-hybridized carbons (Fsp3) is 0.105. The summed E-state index contributed by atoms with van der Waals surface area (Å²) < 4.78 is 10.6. The molecule has 0 aliphatic carbocycles. The number of ether oxygens (including phenoxy) is 1. The minimum absolute atomic E-state index is 0.0467. The van der Waals surface area contributed by atoms with Gasteiger partial charge in [-0.15, -0.1) is 22.7 Å². The van der Waals surface area contributed by atoms with Crippen LogP contribution in [0.1, 0.15) is 21.7 Å². The lowest BCUT2D eigenvalue weighted by molar-refractivity contribution is 0.0458. The SMILES string of the molecule is Cc1ccc(-c2nc(C(=O)OCc3cc(-c4cccs4)on3)cs2)cc1. The molecular formula is C19H14N2O3S2. The van der Waals surface area contributed by atoms with Crippen molar-refractivity contribution >= 4 is 28.6 Å². The first-order valence-corrected chi connectivity index (χ1v) is 9.64. The second-order valence-corrected chi connectivity index (χ2v) is 7.45. The van der Waals surface area contributed by atoms with Gasteiger partial charge in [0.05, 0.1) is 4.88 Å². The first-order valence-electron chi connectivity index (χ1n) is 7.88. The number of rotatable bonds is 5. The largest absolute Gasteiger partial charge is 0.454 e. The molecule has 0 spiro atoms. The van der Waals surface area contributed by atoms with Crippen molar-refractivity contribution in [2.45, 2.75) is 13.5 Å². The van der Waals surface area contributed by atoms with E-state index in [0.29, 0.717) is 17.1 Å². The summed E-state index contributed by atoms with van der Waals surface area (Å²) in [6, 6.07) is 13.7. The summed E-state index contributed by atoms with van der Waals surface area (Å²) in [5, 5.41) is 8.40. The second kappa shape index (κ2) is 7.23. The number of carbonyl (C=O) groups is 1. The standard InChI is InChI=1S/C19H14N2O3S2/c1-12-4-6-13(7-5-12)18-20-15(11-26-18)19(22)23-10-14-9-16(24-21-14)17-3-2-8-25-17/h2-9,11H,10H2,1H3. The molecule has 26 heavy (non-hydrogen) atoms. The van der Waals surface area contributed by atoms with Crippen molar-refractivity contribution in [3.8, 4) is 21.2 Å². The van der Waals surface area contributed by atoms with Gasteiger partial charge in [0.2, 0.25) is 0 Å². The topological polar surface area (TPSA) is 65.2 Å². The minimum Gasteiger partial charge on any atom is -0.454 e. The van der Waals surface area contributed by atoms with Crippen LogP contribution in [-0.4, -0.2) is 16.1 Å². The Bertz CT molecular complexity index is 1020. The van der Waals surface area contributed by atoms with E-state index in [1.165, 1.54) is 16.9 Å². The van der Waals surface area contributed by atoms with Crippen molar-refractivity contribution < 1.29 is 14.1 Å². The highest BCUT2D eigenvalue weighted by Gasteiger charge is 2.15. The van der Waals surface area contributed by atoms with Crippen molar-refractivity contribution in [2.24, 2.45) is 0 Å². The molecule has 130 valence electrons. The van der Waals surface area contributed by atoms with Gasteiger partial charge < -0.3 is 9.26 Å². The van der Waals surface area contributed by atoms with E-state index in [2.05, 4.69) is 10.1 Å². The molecule has 0 saturated carbocycles. The van der Waals surface area contributed by atoms with Gasteiger partial charge in [-0.2, -0.15) is 0 Å². The highest BCUT2D eigenvalue weighted by molar-refractivity contribution is 7.13. The first-order chi connectivity index (χ1) is 12.7. The normalized spacial score (nSPS) is 10.8. The molecule has 0 bridgehead atoms. The Morgan fingerprint density at radius 2 is 2.04 bits per heavy atom. The third-order valence-corrected chi connectivity index (χ3v) is 5.46. The van der Waals surface area contributed by atoms with Crippen LogP contribution in [0, 0.1) is 6.92 Å². The van der Waals surface area contributed by atoms with Crippen molar-refractivity contribution in [1.29, 1.82) is 0 Å². The number of esters is 1. The highest BCUT2D eigenvalue weighted by Crippen LogP contribution is 2.26. The summed E-state index contributed by atoms with van der Waals surface area (Å²) in [7, 11) is 0. The Morgan fingerprint density at radius 1 is 1.19 bits per heavy atom. The Balaban J connectivity index is 1.40. The predicted octanol–water partition coefficient (Wildman–Crippen LogP) is 5.19. The molecule has 4 aromatic rings. The lowest BCUT2D eigenvalue weighted by Crippen LogP contribution is -2.05. The molecule has 0 fully saturated rings. The van der Waals surface area contributed by atoms with Crippen LogP contribution in [0.5, 0.6) is 0 Å². The van der Waals surface area contributed by atoms with Gasteiger partial charge >= 0.3 is 5.97 Å². The van der Waals surface area contributed by atoms with E-state index in [9.17, 15) is 4.79 Å². The van der Waals surface area contributed by atoms with Gasteiger partial charge in [0, 0.05) is 17.0 Å². The molecule has 0 atom stereocenters. The third-order valence-electron chi connectivity index (χ3n) is 3.69. The smallest absolute Gasteiger partial charge is 0.358 e. The molecule has 5 nitrogen and oxygen atoms in total. The van der Waals surface area contributed by atoms with Crippen LogP contribution in [-0.2, 0) is 11.3 Å². The summed E-state index contributed by atoms with van der Waals surface area (Å²) in [6.45, 7) is 2.08. The monoisotopic (exact) mass is 382 g/mol. The van der Waals surface area contributed by atoms with Gasteiger partial charge in [0.1, 0.15) is 17.3 Å². The number of carbonyl (C=O) groups excluding carboxylic acids is 1. The van der Waals surface area contributed by atoms with Crippen LogP contribution < -0.4 is 0 Å². The molecule has 0 unspecified atom stereocenters. The van der Waals surface area contributed by atoms with Crippen molar-refractivity contribution in [3.63, 3.8) is 0 Å². The summed E-state index contributed by atoms with van der Waals surface area (Å²) in [5.41, 5.74) is 3.03. The molecule has 0 saturated heterocycles. The fourth-order valence-electron chi connectivity index (χ4n) is 2.32. The summed E-state index contributed by atoms with van der Waals surface area (Å²) >= 11 is 2.98. The number of benzene rings is 1. The van der Waals surface area contributed by atoms with Gasteiger partial charge in [-0.25, -0.2) is 9.78 Å². The maximum atomic E-state index is 12.2. The maximum absolute atomic E-state index is 12.2. The number of nitrogens with zero attached hydrogens (tertiary/aromatic N) is 2. The number of aromatic nitrogens is 2. The van der Waals surface area contributed by atoms with Crippen LogP contribution in [0.15, 0.2) is 57.7 Å². The number of thiophene rings is 1. The molecule has 0 aliphatic rings. The van der Waals surface area contributed by atoms with Crippen molar-refractivity contribution in [2.75, 3.05) is 0 Å². The summed E-state index contributed by atoms with van der Waals surface area (Å²) in [4.78, 5) is 17.6. The molecule has 7 heteroatoms. The van der Waals surface area contributed by atoms with E-state index < -0.39 is 5.97 Å². The molecule has 3 aromatic heterocycles. The van der Waals surface area contributed by atoms with E-state index in [1.807, 2.05) is 48.7 Å². The Morgan fingerprint density at radius 3 is 2.81 bits per heavy atom. The molecule has 3 heterocycles. The van der Waals surface area contributed by atoms with E-state index in [1.54, 1.807) is 22.8 Å². The van der Waals surface area contributed by atoms with Gasteiger partial charge in [-0.1, -0.05) is 41.1 Å². The molecule has 0 amide bonds. The average molecular weight is 382 g/mol. The van der Waals surface area contributed by atoms with Crippen LogP contribution in [0.4, 0.5) is 0 Å². The van der Waals surface area contributed by atoms with Crippen LogP contribution in [0.2, 0.25) is 0 Å². The zero-order chi connectivity index (χ0) is 17.9. The maximum Gasteiger partial charge on any atom is 0.358 e. The first kappa shape index (κ1) is 16.7. The number of hydrogen-bond donors (Lipinski definition) is 0. The van der Waals surface area contributed by atoms with Crippen LogP contribution in [0.25, 0.3) is 21.2 Å². The Hall–Kier alpha value is -2.77. The zero-order valence-corrected chi connectivity index (χ0v) is 15.5. The minimum atomic E-state index is -0.472. The lowest BCUT2D eigenvalue weighted by Gasteiger charge is -1.99. The predicted molar refractivity (Wildman–Crippen MR) is 101 cm³/mol. The van der Waals surface area contributed by atoms with Crippen molar-refractivity contribution in [1.82, 2.24) is 10.1 Å². The summed E-state index contributed by atoms with van der Waals surface area (Å²) in [6.07, 6.45) is 0.